The first-order valence-corrected chi connectivity index (χ1v) is 8.59. The molecule has 0 aliphatic carbocycles. The summed E-state index contributed by atoms with van der Waals surface area (Å²) in [4.78, 5) is 13.2. The highest BCUT2D eigenvalue weighted by Crippen LogP contribution is 2.28. The van der Waals surface area contributed by atoms with Crippen molar-refractivity contribution in [2.75, 3.05) is 6.61 Å². The normalized spacial score (nSPS) is 14.2. The van der Waals surface area contributed by atoms with Crippen LogP contribution in [0.4, 0.5) is 0 Å². The van der Waals surface area contributed by atoms with Crippen LogP contribution in [0.25, 0.3) is 16.8 Å². The van der Waals surface area contributed by atoms with Gasteiger partial charge in [-0.1, -0.05) is 24.3 Å². The quantitative estimate of drug-likeness (QED) is 0.662. The van der Waals surface area contributed by atoms with Gasteiger partial charge in [0, 0.05) is 5.56 Å². The van der Waals surface area contributed by atoms with Gasteiger partial charge >= 0.3 is 5.97 Å². The summed E-state index contributed by atoms with van der Waals surface area (Å²) >= 11 is 1.50. The Bertz CT molecular complexity index is 930. The molecule has 25 heavy (non-hydrogen) atoms. The van der Waals surface area contributed by atoms with E-state index in [4.69, 9.17) is 13.9 Å². The van der Waals surface area contributed by atoms with Crippen LogP contribution in [-0.2, 0) is 9.53 Å². The molecule has 126 valence electrons. The molecule has 1 aliphatic rings. The Hall–Kier alpha value is -2.93. The second kappa shape index (κ2) is 6.52. The molecule has 6 nitrogen and oxygen atoms in total. The molecule has 0 bridgehead atoms. The Morgan fingerprint density at radius 3 is 2.96 bits per heavy atom. The number of carbonyl (C=O) groups excluding carboxylic acids is 1. The smallest absolute Gasteiger partial charge is 0.338 e. The van der Waals surface area contributed by atoms with Gasteiger partial charge in [-0.15, -0.1) is 21.5 Å². The molecule has 0 radical (unpaired) electrons. The van der Waals surface area contributed by atoms with Crippen molar-refractivity contribution in [1.29, 1.82) is 0 Å². The number of aromatic nitrogens is 2. The highest BCUT2D eigenvalue weighted by atomic mass is 32.1. The Kier molecular flexibility index (Phi) is 4.07. The number of nitrogens with zero attached hydrogens (tertiary/aromatic N) is 2. The van der Waals surface area contributed by atoms with Crippen LogP contribution in [0.5, 0.6) is 5.75 Å². The molecule has 3 aromatic rings. The van der Waals surface area contributed by atoms with Crippen molar-refractivity contribution < 1.29 is 18.7 Å². The maximum Gasteiger partial charge on any atom is 0.338 e. The number of rotatable bonds is 4. The average molecular weight is 354 g/mol. The van der Waals surface area contributed by atoms with E-state index in [-0.39, 0.29) is 12.5 Å². The van der Waals surface area contributed by atoms with Crippen LogP contribution >= 0.6 is 11.3 Å². The number of thiophene rings is 1. The number of ether oxygens (including phenoxy) is 2. The predicted octanol–water partition coefficient (Wildman–Crippen LogP) is 3.88. The third kappa shape index (κ3) is 3.18. The van der Waals surface area contributed by atoms with Crippen molar-refractivity contribution >= 4 is 23.4 Å². The summed E-state index contributed by atoms with van der Waals surface area (Å²) in [6, 6.07) is 11.3. The number of benzene rings is 1. The van der Waals surface area contributed by atoms with Crippen LogP contribution in [-0.4, -0.2) is 22.8 Å². The number of fused-ring (bicyclic) bond motifs is 1. The van der Waals surface area contributed by atoms with Gasteiger partial charge in [0.25, 0.3) is 11.8 Å². The lowest BCUT2D eigenvalue weighted by Crippen LogP contribution is -2.18. The van der Waals surface area contributed by atoms with Crippen LogP contribution < -0.4 is 4.74 Å². The minimum atomic E-state index is -0.646. The van der Waals surface area contributed by atoms with Crippen molar-refractivity contribution in [3.63, 3.8) is 0 Å². The molecule has 0 spiro atoms. The molecule has 1 atom stereocenters. The van der Waals surface area contributed by atoms with Gasteiger partial charge in [0.2, 0.25) is 0 Å². The van der Waals surface area contributed by atoms with Crippen LogP contribution in [0, 0.1) is 0 Å². The van der Waals surface area contributed by atoms with Gasteiger partial charge in [-0.3, -0.25) is 0 Å². The van der Waals surface area contributed by atoms with Crippen molar-refractivity contribution in [2.24, 2.45) is 0 Å². The Labute approximate surface area is 147 Å². The monoisotopic (exact) mass is 354 g/mol. The SMILES string of the molecule is C[C@@H](OC(=O)C1=Cc2ccccc2OC1)c1nnc(-c2cccs2)o1. The van der Waals surface area contributed by atoms with Gasteiger partial charge in [-0.2, -0.15) is 0 Å². The van der Waals surface area contributed by atoms with Gasteiger partial charge in [-0.05, 0) is 30.5 Å². The number of hydrogen-bond donors (Lipinski definition) is 0. The van der Waals surface area contributed by atoms with E-state index >= 15 is 0 Å². The number of esters is 1. The van der Waals surface area contributed by atoms with E-state index in [2.05, 4.69) is 10.2 Å². The lowest BCUT2D eigenvalue weighted by atomic mass is 10.1. The van der Waals surface area contributed by atoms with Gasteiger partial charge in [0.05, 0.1) is 10.5 Å². The van der Waals surface area contributed by atoms with Gasteiger partial charge < -0.3 is 13.9 Å². The van der Waals surface area contributed by atoms with Crippen LogP contribution in [0.3, 0.4) is 0 Å². The van der Waals surface area contributed by atoms with Crippen molar-refractivity contribution in [3.05, 3.63) is 58.8 Å². The van der Waals surface area contributed by atoms with Crippen LogP contribution in [0.2, 0.25) is 0 Å². The minimum absolute atomic E-state index is 0.173. The molecule has 1 aliphatic heterocycles. The molecule has 1 aromatic carbocycles. The second-order valence-corrected chi connectivity index (χ2v) is 6.41. The molecule has 0 amide bonds. The van der Waals surface area contributed by atoms with Crippen LogP contribution in [0.15, 0.2) is 51.8 Å². The summed E-state index contributed by atoms with van der Waals surface area (Å²) in [7, 11) is 0. The zero-order valence-electron chi connectivity index (χ0n) is 13.3. The molecular formula is C18H14N2O4S. The van der Waals surface area contributed by atoms with E-state index < -0.39 is 12.1 Å². The summed E-state index contributed by atoms with van der Waals surface area (Å²) in [5.74, 6) is 0.971. The maximum absolute atomic E-state index is 12.4. The summed E-state index contributed by atoms with van der Waals surface area (Å²) in [6.45, 7) is 1.87. The fourth-order valence-electron chi connectivity index (χ4n) is 2.42. The summed E-state index contributed by atoms with van der Waals surface area (Å²) in [5, 5.41) is 9.89. The molecule has 0 fully saturated rings. The number of para-hydroxylation sites is 1. The van der Waals surface area contributed by atoms with E-state index in [1.807, 2.05) is 41.8 Å². The zero-order valence-corrected chi connectivity index (χ0v) is 14.2. The molecule has 0 N–H and O–H groups in total. The largest absolute Gasteiger partial charge is 0.488 e. The summed E-state index contributed by atoms with van der Waals surface area (Å²) in [5.41, 5.74) is 1.30. The lowest BCUT2D eigenvalue weighted by molar-refractivity contribution is -0.145. The van der Waals surface area contributed by atoms with E-state index in [9.17, 15) is 4.79 Å². The first-order chi connectivity index (χ1) is 12.2. The second-order valence-electron chi connectivity index (χ2n) is 5.47. The van der Waals surface area contributed by atoms with Crippen molar-refractivity contribution in [1.82, 2.24) is 10.2 Å². The van der Waals surface area contributed by atoms with Crippen LogP contribution in [0.1, 0.15) is 24.5 Å². The van der Waals surface area contributed by atoms with Crippen molar-refractivity contribution in [3.8, 4) is 16.5 Å². The van der Waals surface area contributed by atoms with Gasteiger partial charge in [-0.25, -0.2) is 4.79 Å². The van der Waals surface area contributed by atoms with Gasteiger partial charge in [0.1, 0.15) is 12.4 Å². The van der Waals surface area contributed by atoms with E-state index in [0.717, 1.165) is 16.2 Å². The number of carbonyl (C=O) groups is 1. The molecular weight excluding hydrogens is 340 g/mol. The lowest BCUT2D eigenvalue weighted by Gasteiger charge is -2.18. The van der Waals surface area contributed by atoms with Crippen molar-refractivity contribution in [2.45, 2.75) is 13.0 Å². The molecule has 3 heterocycles. The molecule has 0 saturated carbocycles. The first kappa shape index (κ1) is 15.6. The Morgan fingerprint density at radius 1 is 1.24 bits per heavy atom. The summed E-state index contributed by atoms with van der Waals surface area (Å²) < 4.78 is 16.6. The van der Waals surface area contributed by atoms with E-state index in [1.54, 1.807) is 13.0 Å². The summed E-state index contributed by atoms with van der Waals surface area (Å²) in [6.07, 6.45) is 1.13. The predicted molar refractivity (Wildman–Crippen MR) is 92.0 cm³/mol. The van der Waals surface area contributed by atoms with E-state index in [0.29, 0.717) is 11.5 Å². The fraction of sp³-hybridized carbons (Fsp3) is 0.167. The third-order valence-corrected chi connectivity index (χ3v) is 4.56. The molecule has 2 aromatic heterocycles. The average Bonchev–Trinajstić information content (AvgIpc) is 3.32. The topological polar surface area (TPSA) is 74.5 Å². The first-order valence-electron chi connectivity index (χ1n) is 7.71. The maximum atomic E-state index is 12.4. The zero-order chi connectivity index (χ0) is 17.2. The molecule has 0 unspecified atom stereocenters. The highest BCUT2D eigenvalue weighted by molar-refractivity contribution is 7.13. The fourth-order valence-corrected chi connectivity index (χ4v) is 3.06. The molecule has 7 heteroatoms. The highest BCUT2D eigenvalue weighted by Gasteiger charge is 2.23. The third-order valence-electron chi connectivity index (χ3n) is 3.70. The minimum Gasteiger partial charge on any atom is -0.488 e. The van der Waals surface area contributed by atoms with E-state index in [1.165, 1.54) is 11.3 Å². The Morgan fingerprint density at radius 2 is 2.12 bits per heavy atom. The standard InChI is InChI=1S/C18H14N2O4S/c1-11(16-19-20-17(24-16)15-7-4-8-25-15)23-18(21)13-9-12-5-2-3-6-14(12)22-10-13/h2-9,11H,10H2,1H3/t11-/m1/s1. The van der Waals surface area contributed by atoms with Gasteiger partial charge in [0.15, 0.2) is 6.10 Å². The Balaban J connectivity index is 1.47. The number of hydrogen-bond acceptors (Lipinski definition) is 7. The molecule has 0 saturated heterocycles. The molecule has 4 rings (SSSR count).